The second kappa shape index (κ2) is 7.36. The fraction of sp³-hybridized carbons (Fsp3) is 0.846. The summed E-state index contributed by atoms with van der Waals surface area (Å²) < 4.78 is 0. The van der Waals surface area contributed by atoms with Crippen LogP contribution in [0, 0.1) is 5.92 Å². The molecule has 0 aromatic heterocycles. The van der Waals surface area contributed by atoms with Crippen molar-refractivity contribution in [3.63, 3.8) is 0 Å². The van der Waals surface area contributed by atoms with Gasteiger partial charge in [0.25, 0.3) is 0 Å². The van der Waals surface area contributed by atoms with Gasteiger partial charge < -0.3 is 5.32 Å². The standard InChI is InChI=1S/C13H24N2S/c1(3-13-4-11-16-12-5-13)2-8-15-9-6-14-7-10-15/h1-2,13-14H,3-12H2/b2-1-. The molecule has 2 aliphatic heterocycles. The summed E-state index contributed by atoms with van der Waals surface area (Å²) >= 11 is 2.12. The maximum atomic E-state index is 3.39. The van der Waals surface area contributed by atoms with Crippen LogP contribution in [0.15, 0.2) is 12.2 Å². The van der Waals surface area contributed by atoms with Crippen LogP contribution in [-0.2, 0) is 0 Å². The Hall–Kier alpha value is 0.0100. The van der Waals surface area contributed by atoms with Gasteiger partial charge in [-0.1, -0.05) is 12.2 Å². The first kappa shape index (κ1) is 12.5. The predicted molar refractivity (Wildman–Crippen MR) is 73.1 cm³/mol. The first-order valence-electron chi connectivity index (χ1n) is 6.61. The number of nitrogens with zero attached hydrogens (tertiary/aromatic N) is 1. The highest BCUT2D eigenvalue weighted by Crippen LogP contribution is 2.25. The average Bonchev–Trinajstić information content (AvgIpc) is 2.37. The van der Waals surface area contributed by atoms with Crippen molar-refractivity contribution in [2.24, 2.45) is 5.92 Å². The monoisotopic (exact) mass is 240 g/mol. The van der Waals surface area contributed by atoms with E-state index >= 15 is 0 Å². The minimum Gasteiger partial charge on any atom is -0.314 e. The van der Waals surface area contributed by atoms with E-state index in [1.807, 2.05) is 0 Å². The lowest BCUT2D eigenvalue weighted by Gasteiger charge is -2.26. The lowest BCUT2D eigenvalue weighted by atomic mass is 9.99. The van der Waals surface area contributed by atoms with Crippen molar-refractivity contribution in [2.45, 2.75) is 19.3 Å². The largest absolute Gasteiger partial charge is 0.314 e. The van der Waals surface area contributed by atoms with Gasteiger partial charge in [-0.3, -0.25) is 4.90 Å². The van der Waals surface area contributed by atoms with Gasteiger partial charge in [-0.25, -0.2) is 0 Å². The van der Waals surface area contributed by atoms with Crippen LogP contribution in [0.5, 0.6) is 0 Å². The van der Waals surface area contributed by atoms with E-state index in [-0.39, 0.29) is 0 Å². The fourth-order valence-electron chi connectivity index (χ4n) is 2.39. The number of thioether (sulfide) groups is 1. The number of allylic oxidation sites excluding steroid dienone is 1. The highest BCUT2D eigenvalue weighted by molar-refractivity contribution is 7.99. The molecule has 0 radical (unpaired) electrons. The van der Waals surface area contributed by atoms with Crippen LogP contribution in [-0.4, -0.2) is 49.1 Å². The Morgan fingerprint density at radius 3 is 2.62 bits per heavy atom. The summed E-state index contributed by atoms with van der Waals surface area (Å²) in [6.07, 6.45) is 8.98. The van der Waals surface area contributed by atoms with E-state index in [9.17, 15) is 0 Å². The Balaban J connectivity index is 1.57. The van der Waals surface area contributed by atoms with Gasteiger partial charge in [0, 0.05) is 32.7 Å². The van der Waals surface area contributed by atoms with E-state index in [0.717, 1.165) is 25.6 Å². The highest BCUT2D eigenvalue weighted by Gasteiger charge is 2.11. The summed E-state index contributed by atoms with van der Waals surface area (Å²) in [5.41, 5.74) is 0. The first-order valence-corrected chi connectivity index (χ1v) is 7.76. The SMILES string of the molecule is C(=C/CN1CCNCC1)/CC1CCSCC1. The lowest BCUT2D eigenvalue weighted by Crippen LogP contribution is -2.43. The van der Waals surface area contributed by atoms with Crippen molar-refractivity contribution in [1.29, 1.82) is 0 Å². The number of hydrogen-bond acceptors (Lipinski definition) is 3. The molecule has 1 N–H and O–H groups in total. The number of nitrogens with one attached hydrogen (secondary N) is 1. The lowest BCUT2D eigenvalue weighted by molar-refractivity contribution is 0.264. The van der Waals surface area contributed by atoms with Crippen molar-refractivity contribution in [3.8, 4) is 0 Å². The molecule has 0 unspecified atom stereocenters. The minimum absolute atomic E-state index is 0.973. The van der Waals surface area contributed by atoms with Gasteiger partial charge in [0.1, 0.15) is 0 Å². The molecule has 2 saturated heterocycles. The van der Waals surface area contributed by atoms with Crippen molar-refractivity contribution < 1.29 is 0 Å². The molecule has 0 amide bonds. The molecule has 2 aliphatic rings. The molecule has 16 heavy (non-hydrogen) atoms. The van der Waals surface area contributed by atoms with E-state index in [1.165, 1.54) is 43.9 Å². The van der Waals surface area contributed by atoms with Gasteiger partial charge in [0.05, 0.1) is 0 Å². The Morgan fingerprint density at radius 1 is 1.12 bits per heavy atom. The van der Waals surface area contributed by atoms with Crippen LogP contribution in [0.1, 0.15) is 19.3 Å². The zero-order valence-corrected chi connectivity index (χ0v) is 11.0. The molecule has 0 atom stereocenters. The molecule has 2 heterocycles. The molecular formula is C13H24N2S. The van der Waals surface area contributed by atoms with Crippen LogP contribution in [0.25, 0.3) is 0 Å². The zero-order valence-electron chi connectivity index (χ0n) is 10.2. The maximum absolute atomic E-state index is 3.39. The van der Waals surface area contributed by atoms with E-state index in [1.54, 1.807) is 0 Å². The normalized spacial score (nSPS) is 25.2. The maximum Gasteiger partial charge on any atom is 0.0164 e. The van der Waals surface area contributed by atoms with Gasteiger partial charge in [-0.05, 0) is 36.7 Å². The molecule has 0 aromatic rings. The summed E-state index contributed by atoms with van der Waals surface area (Å²) in [6.45, 7) is 5.90. The van der Waals surface area contributed by atoms with Gasteiger partial charge in [0.15, 0.2) is 0 Å². The summed E-state index contributed by atoms with van der Waals surface area (Å²) in [4.78, 5) is 2.53. The number of rotatable bonds is 4. The van der Waals surface area contributed by atoms with E-state index in [4.69, 9.17) is 0 Å². The third kappa shape index (κ3) is 4.48. The Kier molecular flexibility index (Phi) is 5.73. The van der Waals surface area contributed by atoms with Crippen molar-refractivity contribution in [3.05, 3.63) is 12.2 Å². The molecule has 0 bridgehead atoms. The summed E-state index contributed by atoms with van der Waals surface area (Å²) in [7, 11) is 0. The Morgan fingerprint density at radius 2 is 1.88 bits per heavy atom. The topological polar surface area (TPSA) is 15.3 Å². The summed E-state index contributed by atoms with van der Waals surface area (Å²) in [5.74, 6) is 3.74. The molecule has 0 spiro atoms. The van der Waals surface area contributed by atoms with Crippen molar-refractivity contribution >= 4 is 11.8 Å². The second-order valence-corrected chi connectivity index (χ2v) is 6.04. The molecule has 3 heteroatoms. The van der Waals surface area contributed by atoms with Gasteiger partial charge in [-0.15, -0.1) is 0 Å². The third-order valence-corrected chi connectivity index (χ3v) is 4.60. The number of hydrogen-bond donors (Lipinski definition) is 1. The first-order chi connectivity index (χ1) is 7.95. The fourth-order valence-corrected chi connectivity index (χ4v) is 3.59. The van der Waals surface area contributed by atoms with Gasteiger partial charge >= 0.3 is 0 Å². The third-order valence-electron chi connectivity index (χ3n) is 3.55. The summed E-state index contributed by atoms with van der Waals surface area (Å²) in [5, 5.41) is 3.39. The predicted octanol–water partition coefficient (Wildman–Crippen LogP) is 1.98. The van der Waals surface area contributed by atoms with Crippen LogP contribution < -0.4 is 5.32 Å². The number of piperazine rings is 1. The molecular weight excluding hydrogens is 216 g/mol. The molecule has 2 rings (SSSR count). The quantitative estimate of drug-likeness (QED) is 0.757. The van der Waals surface area contributed by atoms with Crippen LogP contribution in [0.3, 0.4) is 0 Å². The molecule has 2 nitrogen and oxygen atoms in total. The highest BCUT2D eigenvalue weighted by atomic mass is 32.2. The Labute approximate surface area is 104 Å². The molecule has 92 valence electrons. The van der Waals surface area contributed by atoms with Crippen LogP contribution >= 0.6 is 11.8 Å². The van der Waals surface area contributed by atoms with E-state index in [0.29, 0.717) is 0 Å². The minimum atomic E-state index is 0.973. The van der Waals surface area contributed by atoms with E-state index < -0.39 is 0 Å². The molecule has 2 fully saturated rings. The van der Waals surface area contributed by atoms with Crippen LogP contribution in [0.2, 0.25) is 0 Å². The van der Waals surface area contributed by atoms with Crippen molar-refractivity contribution in [1.82, 2.24) is 10.2 Å². The molecule has 0 aliphatic carbocycles. The Bertz CT molecular complexity index is 184. The van der Waals surface area contributed by atoms with Gasteiger partial charge in [-0.2, -0.15) is 11.8 Å². The smallest absolute Gasteiger partial charge is 0.0164 e. The molecule has 0 aromatic carbocycles. The second-order valence-electron chi connectivity index (χ2n) is 4.81. The van der Waals surface area contributed by atoms with Gasteiger partial charge in [0.2, 0.25) is 0 Å². The van der Waals surface area contributed by atoms with Crippen molar-refractivity contribution in [2.75, 3.05) is 44.2 Å². The average molecular weight is 240 g/mol. The zero-order chi connectivity index (χ0) is 11.1. The van der Waals surface area contributed by atoms with Crippen LogP contribution in [0.4, 0.5) is 0 Å². The van der Waals surface area contributed by atoms with E-state index in [2.05, 4.69) is 34.1 Å². The summed E-state index contributed by atoms with van der Waals surface area (Å²) in [6, 6.07) is 0. The molecule has 0 saturated carbocycles.